The first-order valence-corrected chi connectivity index (χ1v) is 6.92. The van der Waals surface area contributed by atoms with Crippen LogP contribution < -0.4 is 10.6 Å². The predicted molar refractivity (Wildman–Crippen MR) is 74.3 cm³/mol. The second kappa shape index (κ2) is 5.67. The summed E-state index contributed by atoms with van der Waals surface area (Å²) < 4.78 is 0.919. The van der Waals surface area contributed by atoms with Crippen LogP contribution >= 0.6 is 15.9 Å². The Kier molecular flexibility index (Phi) is 4.20. The van der Waals surface area contributed by atoms with Gasteiger partial charge in [-0.25, -0.2) is 4.98 Å². The van der Waals surface area contributed by atoms with Gasteiger partial charge >= 0.3 is 0 Å². The van der Waals surface area contributed by atoms with Gasteiger partial charge < -0.3 is 10.6 Å². The molecule has 17 heavy (non-hydrogen) atoms. The molecule has 2 unspecified atom stereocenters. The van der Waals surface area contributed by atoms with E-state index in [1.165, 1.54) is 19.3 Å². The van der Waals surface area contributed by atoms with Gasteiger partial charge in [-0.15, -0.1) is 0 Å². The molecule has 0 bridgehead atoms. The van der Waals surface area contributed by atoms with E-state index in [1.807, 2.05) is 7.05 Å². The summed E-state index contributed by atoms with van der Waals surface area (Å²) in [5, 5.41) is 6.36. The van der Waals surface area contributed by atoms with Gasteiger partial charge in [-0.3, -0.25) is 0 Å². The predicted octanol–water partition coefficient (Wildman–Crippen LogP) is 3.13. The first-order valence-electron chi connectivity index (χ1n) is 6.13. The Labute approximate surface area is 111 Å². The molecule has 5 heteroatoms. The van der Waals surface area contributed by atoms with Gasteiger partial charge in [0.15, 0.2) is 0 Å². The Bertz CT molecular complexity index is 383. The van der Waals surface area contributed by atoms with Crippen molar-refractivity contribution >= 4 is 27.7 Å². The molecular formula is C12H19BrN4. The molecule has 4 nitrogen and oxygen atoms in total. The fraction of sp³-hybridized carbons (Fsp3) is 0.667. The van der Waals surface area contributed by atoms with Gasteiger partial charge in [0.1, 0.15) is 5.82 Å². The SMILES string of the molecule is CNc1ncc(Br)c(NCC2CCC(C)C2)n1. The molecule has 2 rings (SSSR count). The third kappa shape index (κ3) is 3.31. The Hall–Kier alpha value is -0.840. The molecule has 2 N–H and O–H groups in total. The highest BCUT2D eigenvalue weighted by Gasteiger charge is 2.21. The third-order valence-corrected chi connectivity index (χ3v) is 3.91. The van der Waals surface area contributed by atoms with Gasteiger partial charge in [0.2, 0.25) is 5.95 Å². The first kappa shape index (κ1) is 12.6. The molecule has 1 aliphatic carbocycles. The average Bonchev–Trinajstić information content (AvgIpc) is 2.74. The van der Waals surface area contributed by atoms with E-state index in [4.69, 9.17) is 0 Å². The number of halogens is 1. The molecule has 1 fully saturated rings. The van der Waals surface area contributed by atoms with Gasteiger partial charge in [0.25, 0.3) is 0 Å². The lowest BCUT2D eigenvalue weighted by atomic mass is 10.1. The molecule has 0 aromatic carbocycles. The van der Waals surface area contributed by atoms with Crippen LogP contribution in [0.3, 0.4) is 0 Å². The molecule has 94 valence electrons. The average molecular weight is 299 g/mol. The van der Waals surface area contributed by atoms with Crippen molar-refractivity contribution in [2.75, 3.05) is 24.2 Å². The number of hydrogen-bond donors (Lipinski definition) is 2. The van der Waals surface area contributed by atoms with Crippen LogP contribution in [0.25, 0.3) is 0 Å². The molecule has 1 aromatic rings. The van der Waals surface area contributed by atoms with Crippen LogP contribution in [0.4, 0.5) is 11.8 Å². The molecule has 0 amide bonds. The van der Waals surface area contributed by atoms with Crippen LogP contribution in [0.15, 0.2) is 10.7 Å². The number of nitrogens with zero attached hydrogens (tertiary/aromatic N) is 2. The highest BCUT2D eigenvalue weighted by molar-refractivity contribution is 9.10. The van der Waals surface area contributed by atoms with Crippen LogP contribution in [0.2, 0.25) is 0 Å². The molecule has 0 radical (unpaired) electrons. The minimum absolute atomic E-state index is 0.649. The van der Waals surface area contributed by atoms with Crippen molar-refractivity contribution < 1.29 is 0 Å². The molecule has 2 atom stereocenters. The van der Waals surface area contributed by atoms with E-state index >= 15 is 0 Å². The maximum absolute atomic E-state index is 4.39. The Morgan fingerprint density at radius 2 is 2.29 bits per heavy atom. The van der Waals surface area contributed by atoms with Gasteiger partial charge in [-0.1, -0.05) is 13.3 Å². The highest BCUT2D eigenvalue weighted by atomic mass is 79.9. The molecule has 0 aliphatic heterocycles. The van der Waals surface area contributed by atoms with Gasteiger partial charge in [0.05, 0.1) is 4.47 Å². The lowest BCUT2D eigenvalue weighted by Crippen LogP contribution is -2.13. The highest BCUT2D eigenvalue weighted by Crippen LogP contribution is 2.30. The van der Waals surface area contributed by atoms with Crippen LogP contribution in [0, 0.1) is 11.8 Å². The number of aromatic nitrogens is 2. The summed E-state index contributed by atoms with van der Waals surface area (Å²) in [7, 11) is 1.83. The number of rotatable bonds is 4. The number of hydrogen-bond acceptors (Lipinski definition) is 4. The zero-order valence-corrected chi connectivity index (χ0v) is 11.9. The van der Waals surface area contributed by atoms with E-state index in [0.29, 0.717) is 5.95 Å². The number of anilines is 2. The summed E-state index contributed by atoms with van der Waals surface area (Å²) in [6.45, 7) is 3.34. The summed E-state index contributed by atoms with van der Waals surface area (Å²) in [6.07, 6.45) is 5.79. The summed E-state index contributed by atoms with van der Waals surface area (Å²) >= 11 is 3.47. The summed E-state index contributed by atoms with van der Waals surface area (Å²) in [4.78, 5) is 8.53. The van der Waals surface area contributed by atoms with Crippen LogP contribution in [-0.2, 0) is 0 Å². The zero-order valence-electron chi connectivity index (χ0n) is 10.3. The second-order valence-electron chi connectivity index (χ2n) is 4.81. The van der Waals surface area contributed by atoms with Crippen molar-refractivity contribution in [3.8, 4) is 0 Å². The third-order valence-electron chi connectivity index (χ3n) is 3.33. The second-order valence-corrected chi connectivity index (χ2v) is 5.66. The molecular weight excluding hydrogens is 280 g/mol. The van der Waals surface area contributed by atoms with Gasteiger partial charge in [-0.05, 0) is 40.6 Å². The van der Waals surface area contributed by atoms with E-state index in [-0.39, 0.29) is 0 Å². The lowest BCUT2D eigenvalue weighted by Gasteiger charge is -2.13. The van der Waals surface area contributed by atoms with E-state index in [2.05, 4.69) is 43.5 Å². The maximum Gasteiger partial charge on any atom is 0.224 e. The smallest absolute Gasteiger partial charge is 0.224 e. The Morgan fingerprint density at radius 1 is 1.47 bits per heavy atom. The molecule has 1 aromatic heterocycles. The maximum atomic E-state index is 4.39. The van der Waals surface area contributed by atoms with E-state index in [9.17, 15) is 0 Å². The summed E-state index contributed by atoms with van der Waals surface area (Å²) in [5.74, 6) is 3.19. The van der Waals surface area contributed by atoms with Crippen molar-refractivity contribution in [1.82, 2.24) is 9.97 Å². The minimum Gasteiger partial charge on any atom is -0.369 e. The van der Waals surface area contributed by atoms with Gasteiger partial charge in [0, 0.05) is 19.8 Å². The van der Waals surface area contributed by atoms with Crippen molar-refractivity contribution in [2.24, 2.45) is 11.8 Å². The first-order chi connectivity index (χ1) is 8.19. The Morgan fingerprint density at radius 3 is 2.94 bits per heavy atom. The van der Waals surface area contributed by atoms with Crippen LogP contribution in [-0.4, -0.2) is 23.6 Å². The van der Waals surface area contributed by atoms with Crippen molar-refractivity contribution in [3.63, 3.8) is 0 Å². The normalized spacial score (nSPS) is 23.7. The standard InChI is InChI=1S/C12H19BrN4/c1-8-3-4-9(5-8)6-15-11-10(13)7-16-12(14-2)17-11/h7-9H,3-6H2,1-2H3,(H2,14,15,16,17). The quantitative estimate of drug-likeness (QED) is 0.897. The van der Waals surface area contributed by atoms with E-state index in [0.717, 1.165) is 28.7 Å². The van der Waals surface area contributed by atoms with Crippen molar-refractivity contribution in [3.05, 3.63) is 10.7 Å². The summed E-state index contributed by atoms with van der Waals surface area (Å²) in [5.41, 5.74) is 0. The van der Waals surface area contributed by atoms with Crippen molar-refractivity contribution in [1.29, 1.82) is 0 Å². The fourth-order valence-electron chi connectivity index (χ4n) is 2.36. The molecule has 0 saturated heterocycles. The molecule has 1 saturated carbocycles. The van der Waals surface area contributed by atoms with E-state index < -0.39 is 0 Å². The summed E-state index contributed by atoms with van der Waals surface area (Å²) in [6, 6.07) is 0. The largest absolute Gasteiger partial charge is 0.369 e. The van der Waals surface area contributed by atoms with Crippen LogP contribution in [0.1, 0.15) is 26.2 Å². The van der Waals surface area contributed by atoms with Gasteiger partial charge in [-0.2, -0.15) is 4.98 Å². The molecule has 1 aliphatic rings. The minimum atomic E-state index is 0.649. The fourth-order valence-corrected chi connectivity index (χ4v) is 2.69. The molecule has 0 spiro atoms. The topological polar surface area (TPSA) is 49.8 Å². The van der Waals surface area contributed by atoms with Crippen LogP contribution in [0.5, 0.6) is 0 Å². The lowest BCUT2D eigenvalue weighted by molar-refractivity contribution is 0.536. The Balaban J connectivity index is 1.94. The number of nitrogens with one attached hydrogen (secondary N) is 2. The van der Waals surface area contributed by atoms with Crippen molar-refractivity contribution in [2.45, 2.75) is 26.2 Å². The van der Waals surface area contributed by atoms with E-state index in [1.54, 1.807) is 6.20 Å². The molecule has 1 heterocycles. The monoisotopic (exact) mass is 298 g/mol. The zero-order chi connectivity index (χ0) is 12.3.